The highest BCUT2D eigenvalue weighted by Crippen LogP contribution is 2.35. The smallest absolute Gasteiger partial charge is 0.416 e. The van der Waals surface area contributed by atoms with E-state index in [0.29, 0.717) is 51.6 Å². The van der Waals surface area contributed by atoms with Gasteiger partial charge in [-0.15, -0.1) is 0 Å². The molecule has 0 bridgehead atoms. The zero-order valence-corrected chi connectivity index (χ0v) is 18.2. The molecule has 30 heavy (non-hydrogen) atoms. The Morgan fingerprint density at radius 3 is 2.37 bits per heavy atom. The fraction of sp³-hybridized carbons (Fsp3) is 0.667. The highest BCUT2D eigenvalue weighted by atomic mass is 32.2. The number of hydrogen-bond acceptors (Lipinski definition) is 3. The molecule has 2 aliphatic heterocycles. The van der Waals surface area contributed by atoms with Gasteiger partial charge in [0.05, 0.1) is 18.8 Å². The maximum atomic E-state index is 13.1. The van der Waals surface area contributed by atoms with E-state index >= 15 is 0 Å². The Balaban J connectivity index is 1.78. The number of amides is 2. The molecule has 0 aromatic heterocycles. The van der Waals surface area contributed by atoms with E-state index in [0.717, 1.165) is 17.7 Å². The van der Waals surface area contributed by atoms with Crippen LogP contribution in [0.3, 0.4) is 0 Å². The van der Waals surface area contributed by atoms with Gasteiger partial charge in [-0.1, -0.05) is 23.3 Å². The molecule has 168 valence electrons. The number of urea groups is 1. The van der Waals surface area contributed by atoms with Crippen LogP contribution in [0.2, 0.25) is 0 Å². The minimum Gasteiger partial charge on any atom is -0.616 e. The summed E-state index contributed by atoms with van der Waals surface area (Å²) in [7, 11) is 0. The van der Waals surface area contributed by atoms with E-state index in [-0.39, 0.29) is 23.1 Å². The van der Waals surface area contributed by atoms with Gasteiger partial charge in [0, 0.05) is 38.0 Å². The molecule has 2 heterocycles. The van der Waals surface area contributed by atoms with Crippen LogP contribution in [0.15, 0.2) is 24.3 Å². The molecule has 2 saturated heterocycles. The molecule has 2 fully saturated rings. The van der Waals surface area contributed by atoms with Crippen LogP contribution in [-0.2, 0) is 22.1 Å². The average Bonchev–Trinajstić information content (AvgIpc) is 2.73. The Labute approximate surface area is 178 Å². The second kappa shape index (κ2) is 9.78. The van der Waals surface area contributed by atoms with E-state index in [4.69, 9.17) is 4.74 Å². The molecule has 3 atom stereocenters. The predicted octanol–water partition coefficient (Wildman–Crippen LogP) is 3.72. The lowest BCUT2D eigenvalue weighted by Gasteiger charge is -2.41. The van der Waals surface area contributed by atoms with Gasteiger partial charge in [0.2, 0.25) is 0 Å². The van der Waals surface area contributed by atoms with Crippen LogP contribution in [0.5, 0.6) is 0 Å². The van der Waals surface area contributed by atoms with Gasteiger partial charge in [-0.25, -0.2) is 4.79 Å². The predicted molar refractivity (Wildman–Crippen MR) is 110 cm³/mol. The Bertz CT molecular complexity index is 708. The molecule has 2 aliphatic rings. The summed E-state index contributed by atoms with van der Waals surface area (Å²) in [5, 5.41) is 0.0276. The third kappa shape index (κ3) is 5.82. The molecule has 0 radical (unpaired) electrons. The zero-order chi connectivity index (χ0) is 21.9. The third-order valence-electron chi connectivity index (χ3n) is 5.72. The van der Waals surface area contributed by atoms with E-state index in [1.165, 1.54) is 12.1 Å². The molecule has 1 aromatic carbocycles. The number of nitrogens with zero attached hydrogens (tertiary/aromatic N) is 2. The first-order valence-electron chi connectivity index (χ1n) is 10.3. The number of carbonyl (C=O) groups is 1. The first-order valence-corrected chi connectivity index (χ1v) is 11.7. The van der Waals surface area contributed by atoms with Crippen molar-refractivity contribution in [1.29, 1.82) is 0 Å². The lowest BCUT2D eigenvalue weighted by Crippen LogP contribution is -2.53. The van der Waals surface area contributed by atoms with Crippen LogP contribution in [-0.4, -0.2) is 70.8 Å². The molecule has 3 rings (SSSR count). The summed E-state index contributed by atoms with van der Waals surface area (Å²) < 4.78 is 56.5. The van der Waals surface area contributed by atoms with E-state index in [2.05, 4.69) is 0 Å². The fourth-order valence-electron chi connectivity index (χ4n) is 4.05. The highest BCUT2D eigenvalue weighted by Gasteiger charge is 2.36. The lowest BCUT2D eigenvalue weighted by atomic mass is 9.85. The number of likely N-dealkylation sites (tertiary alicyclic amines) is 1. The Morgan fingerprint density at radius 2 is 1.80 bits per heavy atom. The third-order valence-corrected chi connectivity index (χ3v) is 7.58. The standard InChI is InChI=1S/C21H29F3N2O3S/c1-15(2)30(28)14-16-11-18(17-3-5-19(6-4-17)21(22,23)24)13-26(12-16)20(27)25-7-9-29-10-8-25/h3-6,15-16,18H,7-14H2,1-2H3. The summed E-state index contributed by atoms with van der Waals surface area (Å²) in [5.41, 5.74) is 0.101. The number of ether oxygens (including phenoxy) is 1. The maximum Gasteiger partial charge on any atom is 0.416 e. The number of halogens is 3. The minimum atomic E-state index is -4.37. The van der Waals surface area contributed by atoms with Gasteiger partial charge >= 0.3 is 12.2 Å². The molecular weight excluding hydrogens is 417 g/mol. The van der Waals surface area contributed by atoms with Crippen LogP contribution in [0.25, 0.3) is 0 Å². The number of benzene rings is 1. The normalized spacial score (nSPS) is 24.2. The molecule has 0 saturated carbocycles. The molecule has 0 aliphatic carbocycles. The molecule has 3 unspecified atom stereocenters. The van der Waals surface area contributed by atoms with Crippen LogP contribution in [0.4, 0.5) is 18.0 Å². The van der Waals surface area contributed by atoms with E-state index in [1.54, 1.807) is 9.80 Å². The van der Waals surface area contributed by atoms with Gasteiger partial charge in [-0.05, 0) is 38.0 Å². The van der Waals surface area contributed by atoms with Crippen molar-refractivity contribution in [2.24, 2.45) is 5.92 Å². The van der Waals surface area contributed by atoms with Crippen molar-refractivity contribution in [1.82, 2.24) is 9.80 Å². The number of carbonyl (C=O) groups excluding carboxylic acids is 1. The van der Waals surface area contributed by atoms with Crippen molar-refractivity contribution in [3.8, 4) is 0 Å². The summed E-state index contributed by atoms with van der Waals surface area (Å²) in [5.74, 6) is 0.446. The van der Waals surface area contributed by atoms with E-state index in [9.17, 15) is 22.5 Å². The second-order valence-corrected chi connectivity index (χ2v) is 10.3. The molecule has 1 aromatic rings. The van der Waals surface area contributed by atoms with Gasteiger partial charge in [0.15, 0.2) is 0 Å². The highest BCUT2D eigenvalue weighted by molar-refractivity contribution is 7.91. The van der Waals surface area contributed by atoms with Crippen molar-refractivity contribution in [3.63, 3.8) is 0 Å². The summed E-state index contributed by atoms with van der Waals surface area (Å²) >= 11 is -1.01. The molecule has 2 amide bonds. The molecule has 5 nitrogen and oxygen atoms in total. The minimum absolute atomic E-state index is 0.0276. The lowest BCUT2D eigenvalue weighted by molar-refractivity contribution is -0.137. The zero-order valence-electron chi connectivity index (χ0n) is 17.4. The Hall–Kier alpha value is -1.45. The van der Waals surface area contributed by atoms with Gasteiger partial charge in [-0.3, -0.25) is 0 Å². The molecule has 9 heteroatoms. The number of piperidine rings is 1. The Kier molecular flexibility index (Phi) is 7.57. The van der Waals surface area contributed by atoms with Crippen molar-refractivity contribution in [2.75, 3.05) is 45.1 Å². The SMILES string of the molecule is CC(C)[S+]([O-])CC1CC(c2ccc(C(F)(F)F)cc2)CN(C(=O)N2CCOCC2)C1. The maximum absolute atomic E-state index is 13.1. The van der Waals surface area contributed by atoms with Gasteiger partial charge < -0.3 is 19.1 Å². The number of alkyl halides is 3. The summed E-state index contributed by atoms with van der Waals surface area (Å²) in [4.78, 5) is 16.6. The van der Waals surface area contributed by atoms with Crippen LogP contribution < -0.4 is 0 Å². The summed E-state index contributed by atoms with van der Waals surface area (Å²) in [6, 6.07) is 5.13. The van der Waals surface area contributed by atoms with Crippen LogP contribution >= 0.6 is 0 Å². The quantitative estimate of drug-likeness (QED) is 0.663. The number of rotatable bonds is 4. The van der Waals surface area contributed by atoms with Crippen molar-refractivity contribution in [3.05, 3.63) is 35.4 Å². The van der Waals surface area contributed by atoms with Crippen molar-refractivity contribution >= 4 is 17.2 Å². The first-order chi connectivity index (χ1) is 14.1. The molecule has 0 N–H and O–H groups in total. The van der Waals surface area contributed by atoms with Gasteiger partial charge in [0.25, 0.3) is 0 Å². The van der Waals surface area contributed by atoms with E-state index in [1.807, 2.05) is 13.8 Å². The topological polar surface area (TPSA) is 55.8 Å². The van der Waals surface area contributed by atoms with Crippen molar-refractivity contribution in [2.45, 2.75) is 37.6 Å². The summed E-state index contributed by atoms with van der Waals surface area (Å²) in [6.07, 6.45) is -3.67. The van der Waals surface area contributed by atoms with E-state index < -0.39 is 22.9 Å². The van der Waals surface area contributed by atoms with Crippen LogP contribution in [0, 0.1) is 5.92 Å². The first kappa shape index (κ1) is 23.2. The largest absolute Gasteiger partial charge is 0.616 e. The Morgan fingerprint density at radius 1 is 1.17 bits per heavy atom. The monoisotopic (exact) mass is 446 g/mol. The fourth-order valence-corrected chi connectivity index (χ4v) is 5.14. The summed E-state index contributed by atoms with van der Waals surface area (Å²) in [6.45, 7) is 6.85. The van der Waals surface area contributed by atoms with Crippen LogP contribution in [0.1, 0.15) is 37.3 Å². The second-order valence-electron chi connectivity index (χ2n) is 8.30. The van der Waals surface area contributed by atoms with Crippen molar-refractivity contribution < 1.29 is 27.3 Å². The van der Waals surface area contributed by atoms with Gasteiger partial charge in [-0.2, -0.15) is 13.2 Å². The molecule has 0 spiro atoms. The molecular formula is C21H29F3N2O3S. The van der Waals surface area contributed by atoms with Gasteiger partial charge in [0.1, 0.15) is 11.0 Å². The number of morpholine rings is 1. The average molecular weight is 447 g/mol. The number of hydrogen-bond donors (Lipinski definition) is 0.